The van der Waals surface area contributed by atoms with E-state index < -0.39 is 0 Å². The first-order valence-electron chi connectivity index (χ1n) is 8.00. The van der Waals surface area contributed by atoms with Gasteiger partial charge in [-0.05, 0) is 19.8 Å². The number of hydrogen-bond donors (Lipinski definition) is 0. The van der Waals surface area contributed by atoms with Crippen LogP contribution < -0.4 is 4.90 Å². The van der Waals surface area contributed by atoms with E-state index in [0.717, 1.165) is 63.0 Å². The van der Waals surface area contributed by atoms with Gasteiger partial charge in [0.25, 0.3) is 0 Å². The van der Waals surface area contributed by atoms with Crippen LogP contribution in [0, 0.1) is 6.92 Å². The molecule has 5 heteroatoms. The van der Waals surface area contributed by atoms with E-state index in [1.165, 1.54) is 0 Å². The molecule has 21 heavy (non-hydrogen) atoms. The van der Waals surface area contributed by atoms with Crippen LogP contribution in [0.5, 0.6) is 0 Å². The molecule has 1 saturated heterocycles. The molecule has 0 aliphatic carbocycles. The van der Waals surface area contributed by atoms with E-state index in [4.69, 9.17) is 4.74 Å². The second-order valence-electron chi connectivity index (χ2n) is 5.66. The van der Waals surface area contributed by atoms with Gasteiger partial charge in [-0.1, -0.05) is 13.8 Å². The van der Waals surface area contributed by atoms with Crippen molar-refractivity contribution in [2.75, 3.05) is 44.8 Å². The second-order valence-corrected chi connectivity index (χ2v) is 5.66. The zero-order valence-electron chi connectivity index (χ0n) is 13.8. The maximum absolute atomic E-state index is 5.22. The smallest absolute Gasteiger partial charge is 0.132 e. The molecule has 1 atom stereocenters. The molecule has 1 unspecified atom stereocenters. The molecule has 0 amide bonds. The van der Waals surface area contributed by atoms with Crippen LogP contribution in [-0.4, -0.2) is 60.8 Å². The van der Waals surface area contributed by atoms with Gasteiger partial charge in [0.05, 0.1) is 6.61 Å². The van der Waals surface area contributed by atoms with Crippen molar-refractivity contribution in [1.82, 2.24) is 14.9 Å². The van der Waals surface area contributed by atoms with E-state index in [-0.39, 0.29) is 0 Å². The average Bonchev–Trinajstić information content (AvgIpc) is 2.52. The monoisotopic (exact) mass is 292 g/mol. The number of aryl methyl sites for hydroxylation is 2. The standard InChI is InChI=1S/C16H28N4O/c1-5-14-11-16(18-13(3)17-14)20-8-7-19(9-10-21-4)15(6-2)12-20/h11,15H,5-10,12H2,1-4H3. The van der Waals surface area contributed by atoms with Crippen LogP contribution in [0.4, 0.5) is 5.82 Å². The van der Waals surface area contributed by atoms with E-state index in [1.807, 2.05) is 6.92 Å². The summed E-state index contributed by atoms with van der Waals surface area (Å²) in [6, 6.07) is 2.72. The van der Waals surface area contributed by atoms with Gasteiger partial charge < -0.3 is 9.64 Å². The summed E-state index contributed by atoms with van der Waals surface area (Å²) in [5, 5.41) is 0. The third-order valence-electron chi connectivity index (χ3n) is 4.22. The maximum Gasteiger partial charge on any atom is 0.132 e. The van der Waals surface area contributed by atoms with Crippen LogP contribution >= 0.6 is 0 Å². The normalized spacial score (nSPS) is 20.0. The Morgan fingerprint density at radius 3 is 2.76 bits per heavy atom. The molecule has 2 rings (SSSR count). The van der Waals surface area contributed by atoms with Crippen molar-refractivity contribution in [2.24, 2.45) is 0 Å². The lowest BCUT2D eigenvalue weighted by atomic mass is 10.1. The van der Waals surface area contributed by atoms with E-state index in [0.29, 0.717) is 6.04 Å². The summed E-state index contributed by atoms with van der Waals surface area (Å²) < 4.78 is 5.22. The molecule has 1 fully saturated rings. The molecule has 1 aliphatic heterocycles. The summed E-state index contributed by atoms with van der Waals surface area (Å²) in [6.45, 7) is 11.4. The number of piperazine rings is 1. The van der Waals surface area contributed by atoms with E-state index >= 15 is 0 Å². The third kappa shape index (κ3) is 4.14. The number of ether oxygens (including phenoxy) is 1. The number of methoxy groups -OCH3 is 1. The number of rotatable bonds is 6. The fourth-order valence-electron chi connectivity index (χ4n) is 2.95. The highest BCUT2D eigenvalue weighted by Crippen LogP contribution is 2.19. The van der Waals surface area contributed by atoms with Crippen LogP contribution in [0.2, 0.25) is 0 Å². The molecular formula is C16H28N4O. The molecule has 5 nitrogen and oxygen atoms in total. The fraction of sp³-hybridized carbons (Fsp3) is 0.750. The van der Waals surface area contributed by atoms with Crippen molar-refractivity contribution < 1.29 is 4.74 Å². The SMILES string of the molecule is CCc1cc(N2CCN(CCOC)C(CC)C2)nc(C)n1. The van der Waals surface area contributed by atoms with Gasteiger partial charge in [0.1, 0.15) is 11.6 Å². The maximum atomic E-state index is 5.22. The zero-order valence-corrected chi connectivity index (χ0v) is 13.8. The number of hydrogen-bond acceptors (Lipinski definition) is 5. The highest BCUT2D eigenvalue weighted by atomic mass is 16.5. The van der Waals surface area contributed by atoms with Gasteiger partial charge in [0.15, 0.2) is 0 Å². The molecule has 1 aromatic heterocycles. The lowest BCUT2D eigenvalue weighted by Crippen LogP contribution is -2.54. The third-order valence-corrected chi connectivity index (χ3v) is 4.22. The first-order valence-corrected chi connectivity index (χ1v) is 8.00. The van der Waals surface area contributed by atoms with Gasteiger partial charge in [0.2, 0.25) is 0 Å². The summed E-state index contributed by atoms with van der Waals surface area (Å²) >= 11 is 0. The first kappa shape index (κ1) is 16.2. The lowest BCUT2D eigenvalue weighted by Gasteiger charge is -2.41. The average molecular weight is 292 g/mol. The Hall–Kier alpha value is -1.20. The highest BCUT2D eigenvalue weighted by molar-refractivity contribution is 5.41. The van der Waals surface area contributed by atoms with E-state index in [1.54, 1.807) is 7.11 Å². The molecule has 2 heterocycles. The van der Waals surface area contributed by atoms with Crippen molar-refractivity contribution >= 4 is 5.82 Å². The molecule has 0 saturated carbocycles. The fourth-order valence-corrected chi connectivity index (χ4v) is 2.95. The molecule has 1 aliphatic rings. The number of aromatic nitrogens is 2. The van der Waals surface area contributed by atoms with Gasteiger partial charge in [-0.2, -0.15) is 0 Å². The second kappa shape index (κ2) is 7.71. The molecule has 0 aromatic carbocycles. The van der Waals surface area contributed by atoms with Crippen LogP contribution in [0.25, 0.3) is 0 Å². The van der Waals surface area contributed by atoms with E-state index in [9.17, 15) is 0 Å². The van der Waals surface area contributed by atoms with Gasteiger partial charge in [-0.3, -0.25) is 4.90 Å². The largest absolute Gasteiger partial charge is 0.383 e. The van der Waals surface area contributed by atoms with Crippen LogP contribution in [0.15, 0.2) is 6.07 Å². The lowest BCUT2D eigenvalue weighted by molar-refractivity contribution is 0.109. The minimum absolute atomic E-state index is 0.578. The number of nitrogens with zero attached hydrogens (tertiary/aromatic N) is 4. The van der Waals surface area contributed by atoms with E-state index in [2.05, 4.69) is 39.7 Å². The summed E-state index contributed by atoms with van der Waals surface area (Å²) in [5.41, 5.74) is 1.13. The molecule has 0 spiro atoms. The topological polar surface area (TPSA) is 41.5 Å². The predicted octanol–water partition coefficient (Wildman–Crippen LogP) is 1.89. The van der Waals surface area contributed by atoms with Gasteiger partial charge in [-0.15, -0.1) is 0 Å². The molecule has 1 aromatic rings. The highest BCUT2D eigenvalue weighted by Gasteiger charge is 2.26. The Morgan fingerprint density at radius 1 is 1.29 bits per heavy atom. The van der Waals surface area contributed by atoms with Crippen molar-refractivity contribution in [3.63, 3.8) is 0 Å². The Bertz CT molecular complexity index is 452. The Morgan fingerprint density at radius 2 is 2.10 bits per heavy atom. The molecule has 0 N–H and O–H groups in total. The molecule has 0 radical (unpaired) electrons. The van der Waals surface area contributed by atoms with Crippen LogP contribution in [0.1, 0.15) is 31.8 Å². The Balaban J connectivity index is 2.07. The quantitative estimate of drug-likeness (QED) is 0.801. The van der Waals surface area contributed by atoms with Gasteiger partial charge in [-0.25, -0.2) is 9.97 Å². The first-order chi connectivity index (χ1) is 10.2. The van der Waals surface area contributed by atoms with Gasteiger partial charge in [0, 0.05) is 51.1 Å². The van der Waals surface area contributed by atoms with Crippen LogP contribution in [0.3, 0.4) is 0 Å². The molecule has 118 valence electrons. The minimum Gasteiger partial charge on any atom is -0.383 e. The van der Waals surface area contributed by atoms with Gasteiger partial charge >= 0.3 is 0 Å². The summed E-state index contributed by atoms with van der Waals surface area (Å²) in [7, 11) is 1.77. The summed E-state index contributed by atoms with van der Waals surface area (Å²) in [5.74, 6) is 1.96. The van der Waals surface area contributed by atoms with Crippen LogP contribution in [-0.2, 0) is 11.2 Å². The van der Waals surface area contributed by atoms with Crippen molar-refractivity contribution in [2.45, 2.75) is 39.7 Å². The minimum atomic E-state index is 0.578. The number of anilines is 1. The summed E-state index contributed by atoms with van der Waals surface area (Å²) in [4.78, 5) is 14.1. The van der Waals surface area contributed by atoms with Crippen molar-refractivity contribution in [3.05, 3.63) is 17.6 Å². The molecule has 0 bridgehead atoms. The predicted molar refractivity (Wildman–Crippen MR) is 85.9 cm³/mol. The molecular weight excluding hydrogens is 264 g/mol. The van der Waals surface area contributed by atoms with Crippen molar-refractivity contribution in [1.29, 1.82) is 0 Å². The Labute approximate surface area is 128 Å². The summed E-state index contributed by atoms with van der Waals surface area (Å²) in [6.07, 6.45) is 2.12. The van der Waals surface area contributed by atoms with Crippen molar-refractivity contribution in [3.8, 4) is 0 Å². The Kier molecular flexibility index (Phi) is 5.94. The zero-order chi connectivity index (χ0) is 15.2.